The molecule has 9 nitrogen and oxygen atoms in total. The van der Waals surface area contributed by atoms with E-state index in [0.717, 1.165) is 24.1 Å². The van der Waals surface area contributed by atoms with Crippen molar-refractivity contribution >= 4 is 44.9 Å². The molecule has 4 aromatic carbocycles. The Hall–Kier alpha value is -4.93. The summed E-state index contributed by atoms with van der Waals surface area (Å²) in [5.74, 6) is -1.60. The summed E-state index contributed by atoms with van der Waals surface area (Å²) in [4.78, 5) is 49.4. The second-order valence-electron chi connectivity index (χ2n) is 9.61. The van der Waals surface area contributed by atoms with E-state index in [-0.39, 0.29) is 29.2 Å². The number of rotatable bonds is 10. The maximum atomic E-state index is 13.1. The molecule has 0 aliphatic heterocycles. The highest BCUT2D eigenvalue weighted by Gasteiger charge is 2.19. The van der Waals surface area contributed by atoms with Gasteiger partial charge in [-0.3, -0.25) is 23.7 Å². The highest BCUT2D eigenvalue weighted by molar-refractivity contribution is 7.85. The lowest BCUT2D eigenvalue weighted by atomic mass is 10.0. The van der Waals surface area contributed by atoms with Crippen LogP contribution in [0.1, 0.15) is 66.4 Å². The molecular formula is C32H28N2O7S. The van der Waals surface area contributed by atoms with Crippen molar-refractivity contribution in [3.8, 4) is 0 Å². The molecule has 0 aliphatic carbocycles. The summed E-state index contributed by atoms with van der Waals surface area (Å²) in [6.07, 6.45) is 0.695. The van der Waals surface area contributed by atoms with Gasteiger partial charge in [0.15, 0.2) is 11.6 Å². The zero-order valence-corrected chi connectivity index (χ0v) is 23.7. The van der Waals surface area contributed by atoms with E-state index < -0.39 is 26.7 Å². The van der Waals surface area contributed by atoms with Crippen molar-refractivity contribution < 1.29 is 32.1 Å². The van der Waals surface area contributed by atoms with Crippen LogP contribution in [0.5, 0.6) is 0 Å². The van der Waals surface area contributed by atoms with Crippen molar-refractivity contribution in [2.75, 3.05) is 10.6 Å². The summed E-state index contributed by atoms with van der Waals surface area (Å²) in [7, 11) is -4.71. The number of hydrogen-bond donors (Lipinski definition) is 3. The summed E-state index contributed by atoms with van der Waals surface area (Å²) < 4.78 is 33.5. The first-order chi connectivity index (χ1) is 19.9. The van der Waals surface area contributed by atoms with Crippen LogP contribution in [0.3, 0.4) is 0 Å². The maximum Gasteiger partial charge on any atom is 0.294 e. The van der Waals surface area contributed by atoms with Gasteiger partial charge in [-0.25, -0.2) is 0 Å². The quantitative estimate of drug-likeness (QED) is 0.162. The summed E-state index contributed by atoms with van der Waals surface area (Å²) in [5, 5.41) is 5.41. The third-order valence-electron chi connectivity index (χ3n) is 6.54. The lowest BCUT2D eigenvalue weighted by Gasteiger charge is -2.10. The van der Waals surface area contributed by atoms with Crippen molar-refractivity contribution in [3.63, 3.8) is 0 Å². The summed E-state index contributed by atoms with van der Waals surface area (Å²) in [5.41, 5.74) is 3.31. The van der Waals surface area contributed by atoms with Crippen molar-refractivity contribution in [2.45, 2.75) is 31.6 Å². The predicted molar refractivity (Wildman–Crippen MR) is 159 cm³/mol. The molecule has 10 heteroatoms. The Bertz CT molecular complexity index is 1760. The van der Waals surface area contributed by atoms with Gasteiger partial charge in [-0.05, 0) is 79.1 Å². The Morgan fingerprint density at radius 3 is 1.62 bits per heavy atom. The maximum absolute atomic E-state index is 13.1. The van der Waals surface area contributed by atoms with Crippen LogP contribution in [0.2, 0.25) is 0 Å². The number of anilines is 2. The number of Topliss-reactive ketones (excluding diaryl/α,β-unsaturated/α-hetero) is 2. The summed E-state index contributed by atoms with van der Waals surface area (Å²) >= 11 is 0. The van der Waals surface area contributed by atoms with Crippen molar-refractivity contribution in [2.24, 2.45) is 0 Å². The van der Waals surface area contributed by atoms with Crippen LogP contribution >= 0.6 is 0 Å². The van der Waals surface area contributed by atoms with Gasteiger partial charge >= 0.3 is 0 Å². The fourth-order valence-corrected chi connectivity index (χ4v) is 4.67. The van der Waals surface area contributed by atoms with Gasteiger partial charge in [-0.1, -0.05) is 43.3 Å². The Balaban J connectivity index is 1.48. The molecule has 2 amide bonds. The number of carbonyl (C=O) groups is 4. The smallest absolute Gasteiger partial charge is 0.294 e. The molecule has 4 rings (SSSR count). The third-order valence-corrected chi connectivity index (χ3v) is 7.37. The van der Waals surface area contributed by atoms with E-state index in [4.69, 9.17) is 0 Å². The van der Waals surface area contributed by atoms with Gasteiger partial charge in [0, 0.05) is 40.0 Å². The van der Waals surface area contributed by atoms with Crippen LogP contribution in [0.4, 0.5) is 11.4 Å². The number of carbonyl (C=O) groups excluding carboxylic acids is 4. The van der Waals surface area contributed by atoms with Gasteiger partial charge in [0.05, 0.1) is 4.90 Å². The van der Waals surface area contributed by atoms with Gasteiger partial charge in [-0.2, -0.15) is 8.42 Å². The largest absolute Gasteiger partial charge is 0.322 e. The lowest BCUT2D eigenvalue weighted by Crippen LogP contribution is -2.15. The molecule has 42 heavy (non-hydrogen) atoms. The third kappa shape index (κ3) is 7.62. The molecule has 214 valence electrons. The van der Waals surface area contributed by atoms with E-state index in [0.29, 0.717) is 28.1 Å². The molecule has 3 N–H and O–H groups in total. The SMILES string of the molecule is CCc1ccc(NC(=O)c2cc(C(=O)Cc3ccc(NC(=O)c4ccc(C(C)=O)cc4)cc3)cc(S(=O)(=O)O)c2)cc1. The minimum Gasteiger partial charge on any atom is -0.322 e. The number of amides is 2. The first-order valence-electron chi connectivity index (χ1n) is 13.0. The van der Waals surface area contributed by atoms with E-state index in [1.165, 1.54) is 13.0 Å². The van der Waals surface area contributed by atoms with E-state index in [1.807, 2.05) is 19.1 Å². The van der Waals surface area contributed by atoms with Gasteiger partial charge in [-0.15, -0.1) is 0 Å². The van der Waals surface area contributed by atoms with E-state index >= 15 is 0 Å². The molecule has 0 aromatic heterocycles. The Kier molecular flexibility index (Phi) is 9.09. The normalized spacial score (nSPS) is 11.0. The van der Waals surface area contributed by atoms with Gasteiger partial charge in [0.2, 0.25) is 0 Å². The molecule has 0 fully saturated rings. The molecule has 0 unspecified atom stereocenters. The summed E-state index contributed by atoms with van der Waals surface area (Å²) in [6, 6.07) is 23.2. The molecule has 0 saturated carbocycles. The minimum atomic E-state index is -4.71. The van der Waals surface area contributed by atoms with Crippen molar-refractivity contribution in [1.82, 2.24) is 0 Å². The number of hydrogen-bond acceptors (Lipinski definition) is 6. The Labute approximate surface area is 243 Å². The zero-order chi connectivity index (χ0) is 30.4. The number of nitrogens with one attached hydrogen (secondary N) is 2. The van der Waals surface area contributed by atoms with Gasteiger partial charge in [0.25, 0.3) is 21.9 Å². The van der Waals surface area contributed by atoms with Crippen LogP contribution in [0, 0.1) is 0 Å². The highest BCUT2D eigenvalue weighted by atomic mass is 32.2. The van der Waals surface area contributed by atoms with Crippen LogP contribution < -0.4 is 10.6 Å². The fraction of sp³-hybridized carbons (Fsp3) is 0.125. The van der Waals surface area contributed by atoms with Crippen LogP contribution in [0.25, 0.3) is 0 Å². The first kappa shape index (κ1) is 30.0. The lowest BCUT2D eigenvalue weighted by molar-refractivity contribution is 0.0989. The molecule has 0 heterocycles. The van der Waals surface area contributed by atoms with E-state index in [9.17, 15) is 32.1 Å². The molecule has 0 atom stereocenters. The molecule has 0 saturated heterocycles. The van der Waals surface area contributed by atoms with Crippen LogP contribution in [0.15, 0.2) is 95.9 Å². The van der Waals surface area contributed by atoms with Gasteiger partial charge < -0.3 is 10.6 Å². The van der Waals surface area contributed by atoms with E-state index in [2.05, 4.69) is 10.6 Å². The first-order valence-corrected chi connectivity index (χ1v) is 14.4. The average Bonchev–Trinajstić information content (AvgIpc) is 2.97. The fourth-order valence-electron chi connectivity index (χ4n) is 4.12. The monoisotopic (exact) mass is 584 g/mol. The topological polar surface area (TPSA) is 147 Å². The zero-order valence-electron chi connectivity index (χ0n) is 22.9. The summed E-state index contributed by atoms with van der Waals surface area (Å²) in [6.45, 7) is 3.44. The van der Waals surface area contributed by atoms with E-state index in [1.54, 1.807) is 60.7 Å². The molecule has 0 aliphatic rings. The van der Waals surface area contributed by atoms with Crippen LogP contribution in [-0.2, 0) is 23.0 Å². The second-order valence-corrected chi connectivity index (χ2v) is 11.0. The second kappa shape index (κ2) is 12.7. The number of benzene rings is 4. The van der Waals surface area contributed by atoms with Crippen molar-refractivity contribution in [1.29, 1.82) is 0 Å². The molecular weight excluding hydrogens is 556 g/mol. The highest BCUT2D eigenvalue weighted by Crippen LogP contribution is 2.20. The molecule has 0 bridgehead atoms. The predicted octanol–water partition coefficient (Wildman–Crippen LogP) is 5.63. The van der Waals surface area contributed by atoms with Gasteiger partial charge in [0.1, 0.15) is 0 Å². The Morgan fingerprint density at radius 1 is 0.643 bits per heavy atom. The number of aryl methyl sites for hydroxylation is 1. The molecule has 0 radical (unpaired) electrons. The molecule has 4 aromatic rings. The Morgan fingerprint density at radius 2 is 1.12 bits per heavy atom. The molecule has 0 spiro atoms. The average molecular weight is 585 g/mol. The minimum absolute atomic E-state index is 0.0667. The standard InChI is InChI=1S/C32H28N2O7S/c1-3-21-4-12-27(13-5-21)34-32(38)26-17-25(18-29(19-26)42(39,40)41)30(36)16-22-6-14-28(15-7-22)33-31(37)24-10-8-23(9-11-24)20(2)35/h4-15,17-19H,3,16H2,1-2H3,(H,33,37)(H,34,38)(H,39,40,41). The van der Waals surface area contributed by atoms with Crippen molar-refractivity contribution in [3.05, 3.63) is 124 Å². The van der Waals surface area contributed by atoms with Crippen LogP contribution in [-0.4, -0.2) is 36.4 Å². The number of ketones is 2.